The summed E-state index contributed by atoms with van der Waals surface area (Å²) in [5.41, 5.74) is 20.8. The van der Waals surface area contributed by atoms with E-state index < -0.39 is 0 Å². The maximum atomic E-state index is 2.56. The molecule has 0 fully saturated rings. The molecule has 2 aliphatic heterocycles. The summed E-state index contributed by atoms with van der Waals surface area (Å²) in [6, 6.07) is 55.7. The van der Waals surface area contributed by atoms with Gasteiger partial charge in [-0.05, 0) is 165 Å². The topological polar surface area (TPSA) is 6.48 Å². The lowest BCUT2D eigenvalue weighted by Crippen LogP contribution is -2.34. The third-order valence-electron chi connectivity index (χ3n) is 15.1. The molecule has 0 N–H and O–H groups in total. The normalized spacial score (nSPS) is 17.2. The Labute approximate surface area is 378 Å². The minimum absolute atomic E-state index is 0.0570. The van der Waals surface area contributed by atoms with Crippen LogP contribution in [-0.4, -0.2) is 0 Å². The first-order valence-corrected chi connectivity index (χ1v) is 23.3. The molecular formula is C62H54N2. The minimum Gasteiger partial charge on any atom is -0.310 e. The van der Waals surface area contributed by atoms with Gasteiger partial charge >= 0.3 is 0 Å². The van der Waals surface area contributed by atoms with Crippen molar-refractivity contribution >= 4 is 55.1 Å². The lowest BCUT2D eigenvalue weighted by Gasteiger charge is -2.44. The summed E-state index contributed by atoms with van der Waals surface area (Å²) in [5.74, 6) is 0. The van der Waals surface area contributed by atoms with Crippen LogP contribution in [0.5, 0.6) is 0 Å². The van der Waals surface area contributed by atoms with Crippen molar-refractivity contribution in [2.24, 2.45) is 0 Å². The van der Waals surface area contributed by atoms with E-state index in [4.69, 9.17) is 0 Å². The zero-order valence-corrected chi connectivity index (χ0v) is 37.9. The fraction of sp³-hybridized carbons (Fsp3) is 0.194. The van der Waals surface area contributed by atoms with Crippen LogP contribution in [-0.2, 0) is 10.8 Å². The van der Waals surface area contributed by atoms with E-state index in [-0.39, 0.29) is 10.8 Å². The van der Waals surface area contributed by atoms with Crippen molar-refractivity contribution in [2.75, 3.05) is 9.80 Å². The van der Waals surface area contributed by atoms with Crippen LogP contribution in [0.2, 0.25) is 0 Å². The molecule has 312 valence electrons. The van der Waals surface area contributed by atoms with Crippen molar-refractivity contribution in [3.8, 4) is 22.3 Å². The number of rotatable bonds is 4. The molecule has 2 nitrogen and oxygen atoms in total. The van der Waals surface area contributed by atoms with E-state index in [2.05, 4.69) is 221 Å². The van der Waals surface area contributed by atoms with Crippen LogP contribution >= 0.6 is 0 Å². The van der Waals surface area contributed by atoms with Crippen molar-refractivity contribution in [3.63, 3.8) is 0 Å². The Bertz CT molecular complexity index is 3390. The molecule has 0 saturated heterocycles. The largest absolute Gasteiger partial charge is 0.310 e. The summed E-state index contributed by atoms with van der Waals surface area (Å²) >= 11 is 0. The van der Waals surface area contributed by atoms with Gasteiger partial charge in [0.1, 0.15) is 0 Å². The Hall–Kier alpha value is -6.90. The first-order valence-electron chi connectivity index (χ1n) is 23.3. The van der Waals surface area contributed by atoms with Crippen LogP contribution in [0.15, 0.2) is 192 Å². The van der Waals surface area contributed by atoms with E-state index >= 15 is 0 Å². The molecule has 2 heterocycles. The maximum Gasteiger partial charge on any atom is 0.0502 e. The molecule has 4 aliphatic rings. The van der Waals surface area contributed by atoms with E-state index in [0.717, 1.165) is 25.7 Å². The Balaban J connectivity index is 1.21. The third kappa shape index (κ3) is 5.71. The van der Waals surface area contributed by atoms with Gasteiger partial charge in [0, 0.05) is 33.6 Å². The van der Waals surface area contributed by atoms with Gasteiger partial charge in [0.2, 0.25) is 0 Å². The Morgan fingerprint density at radius 3 is 1.53 bits per heavy atom. The van der Waals surface area contributed by atoms with E-state index in [0.29, 0.717) is 0 Å². The minimum atomic E-state index is -0.0584. The van der Waals surface area contributed by atoms with Crippen molar-refractivity contribution in [2.45, 2.75) is 78.1 Å². The van der Waals surface area contributed by atoms with E-state index in [1.807, 2.05) is 0 Å². The molecular weight excluding hydrogens is 773 g/mol. The number of nitrogens with zero attached hydrogens (tertiary/aromatic N) is 2. The van der Waals surface area contributed by atoms with E-state index in [1.54, 1.807) is 0 Å². The van der Waals surface area contributed by atoms with Gasteiger partial charge in [-0.1, -0.05) is 160 Å². The first-order chi connectivity index (χ1) is 31.1. The van der Waals surface area contributed by atoms with Crippen molar-refractivity contribution in [1.82, 2.24) is 0 Å². The van der Waals surface area contributed by atoms with Gasteiger partial charge in [-0.2, -0.15) is 0 Å². The number of para-hydroxylation sites is 2. The van der Waals surface area contributed by atoms with Crippen LogP contribution in [0.25, 0.3) is 54.6 Å². The van der Waals surface area contributed by atoms with Gasteiger partial charge < -0.3 is 9.80 Å². The zero-order valence-electron chi connectivity index (χ0n) is 37.9. The Morgan fingerprint density at radius 2 is 0.938 bits per heavy atom. The highest BCUT2D eigenvalue weighted by Crippen LogP contribution is 2.55. The molecule has 8 aromatic carbocycles. The lowest BCUT2D eigenvalue weighted by atomic mass is 9.70. The number of hydrogen-bond donors (Lipinski definition) is 0. The van der Waals surface area contributed by atoms with Crippen LogP contribution in [0.4, 0.5) is 22.7 Å². The predicted octanol–water partition coefficient (Wildman–Crippen LogP) is 17.2. The fourth-order valence-electron chi connectivity index (χ4n) is 12.2. The number of fused-ring (bicyclic) bond motifs is 5. The second-order valence-electron chi connectivity index (χ2n) is 19.7. The molecule has 12 rings (SSSR count). The number of aryl methyl sites for hydroxylation is 2. The van der Waals surface area contributed by atoms with Crippen LogP contribution in [0.1, 0.15) is 75.6 Å². The summed E-state index contributed by atoms with van der Waals surface area (Å²) in [6.45, 7) is 14.1. The molecule has 0 spiro atoms. The van der Waals surface area contributed by atoms with Gasteiger partial charge in [-0.3, -0.25) is 0 Å². The van der Waals surface area contributed by atoms with Crippen LogP contribution in [0.3, 0.4) is 0 Å². The smallest absolute Gasteiger partial charge is 0.0502 e. The van der Waals surface area contributed by atoms with Gasteiger partial charge in [-0.15, -0.1) is 0 Å². The highest BCUT2D eigenvalue weighted by atomic mass is 15.2. The summed E-state index contributed by atoms with van der Waals surface area (Å²) < 4.78 is 0. The van der Waals surface area contributed by atoms with Gasteiger partial charge in [-0.25, -0.2) is 0 Å². The van der Waals surface area contributed by atoms with Gasteiger partial charge in [0.25, 0.3) is 0 Å². The molecule has 0 saturated carbocycles. The lowest BCUT2D eigenvalue weighted by molar-refractivity contribution is 0.570. The molecule has 0 atom stereocenters. The first kappa shape index (κ1) is 38.7. The predicted molar refractivity (Wildman–Crippen MR) is 273 cm³/mol. The average Bonchev–Trinajstić information content (AvgIpc) is 3.30. The summed E-state index contributed by atoms with van der Waals surface area (Å²) in [7, 11) is 0. The number of hydrogen-bond acceptors (Lipinski definition) is 2. The fourth-order valence-corrected chi connectivity index (χ4v) is 12.2. The molecule has 8 aromatic rings. The Kier molecular flexibility index (Phi) is 8.66. The highest BCUT2D eigenvalue weighted by Gasteiger charge is 2.40. The van der Waals surface area contributed by atoms with Crippen LogP contribution < -0.4 is 9.80 Å². The van der Waals surface area contributed by atoms with E-state index in [1.165, 1.54) is 122 Å². The Morgan fingerprint density at radius 1 is 0.438 bits per heavy atom. The number of allylic oxidation sites excluding steroid dienone is 6. The average molecular weight is 827 g/mol. The second-order valence-corrected chi connectivity index (χ2v) is 19.7. The number of anilines is 4. The molecule has 2 heteroatoms. The van der Waals surface area contributed by atoms with Gasteiger partial charge in [0.05, 0.1) is 11.4 Å². The van der Waals surface area contributed by atoms with Crippen LogP contribution in [0, 0.1) is 13.8 Å². The molecule has 64 heavy (non-hydrogen) atoms. The summed E-state index contributed by atoms with van der Waals surface area (Å²) in [4.78, 5) is 5.11. The monoisotopic (exact) mass is 826 g/mol. The van der Waals surface area contributed by atoms with E-state index in [9.17, 15) is 0 Å². The highest BCUT2D eigenvalue weighted by molar-refractivity contribution is 6.24. The van der Waals surface area contributed by atoms with Gasteiger partial charge in [0.15, 0.2) is 0 Å². The third-order valence-corrected chi connectivity index (χ3v) is 15.1. The maximum absolute atomic E-state index is 2.56. The molecule has 0 radical (unpaired) electrons. The molecule has 0 bridgehead atoms. The van der Waals surface area contributed by atoms with Crippen molar-refractivity contribution in [1.29, 1.82) is 0 Å². The second kappa shape index (κ2) is 14.3. The SMILES string of the molecule is Cc1cc(C)cc(-c2c3cc(N4C5=C(CCC=C5)C(C)(C)c5ccccc54)ccc3c(-c3cccc4ccccc34)c3cc(N4C5=C(CCC=C5)C(C)(C)c5ccccc54)ccc23)c1. The number of benzene rings is 8. The zero-order chi connectivity index (χ0) is 43.5. The molecule has 0 amide bonds. The quantitative estimate of drug-likeness (QED) is 0.163. The standard InChI is InChI=1S/C62H54N2/c1-39-34-40(2)36-42(35-39)59-47-32-30-44(64-57-28-15-11-24-53(57)62(5,6)54-25-12-16-29-58(54)64)38-50(47)60(46-21-17-19-41-18-7-8-20-45(41)46)48-33-31-43(37-49(48)59)63-55-26-13-9-22-51(55)61(3,4)52-23-10-14-27-56(52)63/h7-9,11,13-22,24,26-38H,10,12,23,25H2,1-6H3. The molecule has 0 aromatic heterocycles. The molecule has 2 aliphatic carbocycles. The summed E-state index contributed by atoms with van der Waals surface area (Å²) in [5, 5.41) is 7.56. The van der Waals surface area contributed by atoms with Crippen molar-refractivity contribution < 1.29 is 0 Å². The van der Waals surface area contributed by atoms with Crippen molar-refractivity contribution in [3.05, 3.63) is 215 Å². The molecule has 0 unspecified atom stereocenters. The summed E-state index contributed by atoms with van der Waals surface area (Å²) in [6.07, 6.45) is 13.8.